The van der Waals surface area contributed by atoms with Crippen LogP contribution in [-0.4, -0.2) is 16.0 Å². The lowest BCUT2D eigenvalue weighted by molar-refractivity contribution is 0.431. The van der Waals surface area contributed by atoms with E-state index in [9.17, 15) is 0 Å². The van der Waals surface area contributed by atoms with Crippen LogP contribution in [0.15, 0.2) is 18.2 Å². The molecule has 2 fully saturated rings. The van der Waals surface area contributed by atoms with E-state index in [-0.39, 0.29) is 0 Å². The van der Waals surface area contributed by atoms with Crippen molar-refractivity contribution in [2.24, 2.45) is 0 Å². The van der Waals surface area contributed by atoms with Crippen molar-refractivity contribution in [2.45, 2.75) is 63.5 Å². The summed E-state index contributed by atoms with van der Waals surface area (Å²) in [6, 6.07) is 7.42. The average Bonchev–Trinajstić information content (AvgIpc) is 3.23. The van der Waals surface area contributed by atoms with Crippen LogP contribution in [0.25, 0.3) is 11.0 Å². The second kappa shape index (κ2) is 5.21. The highest BCUT2D eigenvalue weighted by Crippen LogP contribution is 2.32. The van der Waals surface area contributed by atoms with Crippen LogP contribution in [-0.2, 0) is 6.54 Å². The van der Waals surface area contributed by atoms with E-state index in [1.54, 1.807) is 0 Å². The molecule has 0 radical (unpaired) electrons. The molecule has 1 aromatic heterocycles. The minimum atomic E-state index is 0.657. The van der Waals surface area contributed by atoms with Gasteiger partial charge in [-0.1, -0.05) is 25.3 Å². The first-order chi connectivity index (χ1) is 9.88. The van der Waals surface area contributed by atoms with Crippen LogP contribution in [0.3, 0.4) is 0 Å². The number of H-pyrrole nitrogens is 1. The molecule has 2 aliphatic rings. The van der Waals surface area contributed by atoms with E-state index in [4.69, 9.17) is 4.98 Å². The fourth-order valence-corrected chi connectivity index (χ4v) is 3.31. The maximum Gasteiger partial charge on any atom is 0.110 e. The Balaban J connectivity index is 1.54. The van der Waals surface area contributed by atoms with Gasteiger partial charge in [-0.3, -0.25) is 0 Å². The standard InChI is InChI=1S/C17H23N3/c1-2-4-13(5-3-1)17-19-15-9-6-12(10-16(15)20-17)11-18-14-7-8-14/h6,9-10,13-14,18H,1-5,7-8,11H2,(H,19,20). The number of fused-ring (bicyclic) bond motifs is 1. The van der Waals surface area contributed by atoms with Crippen molar-refractivity contribution in [3.8, 4) is 0 Å². The molecule has 1 heterocycles. The van der Waals surface area contributed by atoms with Gasteiger partial charge in [0, 0.05) is 18.5 Å². The summed E-state index contributed by atoms with van der Waals surface area (Å²) in [6.45, 7) is 0.985. The summed E-state index contributed by atoms with van der Waals surface area (Å²) in [5.74, 6) is 1.87. The lowest BCUT2D eigenvalue weighted by atomic mass is 9.89. The first-order valence-electron chi connectivity index (χ1n) is 8.10. The van der Waals surface area contributed by atoms with Crippen molar-refractivity contribution in [1.29, 1.82) is 0 Å². The number of imidazole rings is 1. The highest BCUT2D eigenvalue weighted by atomic mass is 14.9. The predicted molar refractivity (Wildman–Crippen MR) is 81.8 cm³/mol. The number of aromatic amines is 1. The average molecular weight is 269 g/mol. The predicted octanol–water partition coefficient (Wildman–Crippen LogP) is 3.86. The van der Waals surface area contributed by atoms with Crippen LogP contribution < -0.4 is 5.32 Å². The van der Waals surface area contributed by atoms with Gasteiger partial charge in [-0.05, 0) is 43.4 Å². The summed E-state index contributed by atoms with van der Waals surface area (Å²) in [4.78, 5) is 8.38. The molecule has 0 spiro atoms. The Hall–Kier alpha value is -1.35. The number of nitrogens with zero attached hydrogens (tertiary/aromatic N) is 1. The molecule has 20 heavy (non-hydrogen) atoms. The third-order valence-electron chi connectivity index (χ3n) is 4.73. The molecule has 2 saturated carbocycles. The zero-order valence-electron chi connectivity index (χ0n) is 12.0. The number of nitrogens with one attached hydrogen (secondary N) is 2. The molecular formula is C17H23N3. The lowest BCUT2D eigenvalue weighted by Gasteiger charge is -2.18. The van der Waals surface area contributed by atoms with Crippen LogP contribution in [0.1, 0.15) is 62.3 Å². The van der Waals surface area contributed by atoms with Crippen molar-refractivity contribution in [3.05, 3.63) is 29.6 Å². The monoisotopic (exact) mass is 269 g/mol. The first kappa shape index (κ1) is 12.4. The Morgan fingerprint density at radius 2 is 1.95 bits per heavy atom. The molecule has 0 bridgehead atoms. The van der Waals surface area contributed by atoms with Crippen LogP contribution in [0.5, 0.6) is 0 Å². The van der Waals surface area contributed by atoms with Gasteiger partial charge in [-0.15, -0.1) is 0 Å². The van der Waals surface area contributed by atoms with Crippen LogP contribution in [0, 0.1) is 0 Å². The van der Waals surface area contributed by atoms with E-state index in [2.05, 4.69) is 28.5 Å². The van der Waals surface area contributed by atoms with Gasteiger partial charge in [-0.25, -0.2) is 4.98 Å². The summed E-state index contributed by atoms with van der Waals surface area (Å²) in [5.41, 5.74) is 3.70. The van der Waals surface area contributed by atoms with Crippen molar-refractivity contribution < 1.29 is 0 Å². The Kier molecular flexibility index (Phi) is 3.23. The van der Waals surface area contributed by atoms with E-state index < -0.39 is 0 Å². The molecule has 4 rings (SSSR count). The van der Waals surface area contributed by atoms with Gasteiger partial charge in [0.1, 0.15) is 5.82 Å². The SMILES string of the molecule is c1cc2nc(C3CCCCC3)[nH]c2cc1CNC1CC1. The molecular weight excluding hydrogens is 246 g/mol. The summed E-state index contributed by atoms with van der Waals surface area (Å²) in [5, 5.41) is 3.57. The molecule has 1 aromatic carbocycles. The van der Waals surface area contributed by atoms with Crippen LogP contribution >= 0.6 is 0 Å². The van der Waals surface area contributed by atoms with Crippen molar-refractivity contribution in [3.63, 3.8) is 0 Å². The van der Waals surface area contributed by atoms with Crippen molar-refractivity contribution in [1.82, 2.24) is 15.3 Å². The number of rotatable bonds is 4. The van der Waals surface area contributed by atoms with Crippen molar-refractivity contribution >= 4 is 11.0 Å². The molecule has 0 aliphatic heterocycles. The summed E-state index contributed by atoms with van der Waals surface area (Å²) in [7, 11) is 0. The van der Waals surface area contributed by atoms with E-state index in [0.717, 1.165) is 18.1 Å². The summed E-state index contributed by atoms with van der Waals surface area (Å²) < 4.78 is 0. The van der Waals surface area contributed by atoms with Gasteiger partial charge < -0.3 is 10.3 Å². The van der Waals surface area contributed by atoms with E-state index in [1.807, 2.05) is 0 Å². The maximum absolute atomic E-state index is 4.81. The zero-order chi connectivity index (χ0) is 13.4. The Morgan fingerprint density at radius 3 is 2.75 bits per heavy atom. The Bertz CT molecular complexity index is 591. The second-order valence-electron chi connectivity index (χ2n) is 6.46. The molecule has 0 amide bonds. The first-order valence-corrected chi connectivity index (χ1v) is 8.10. The van der Waals surface area contributed by atoms with Crippen LogP contribution in [0.2, 0.25) is 0 Å². The molecule has 0 atom stereocenters. The van der Waals surface area contributed by atoms with Gasteiger partial charge in [0.2, 0.25) is 0 Å². The zero-order valence-corrected chi connectivity index (χ0v) is 12.0. The van der Waals surface area contributed by atoms with E-state index >= 15 is 0 Å². The Labute approximate surface area is 120 Å². The third kappa shape index (κ3) is 2.59. The van der Waals surface area contributed by atoms with Gasteiger partial charge in [0.15, 0.2) is 0 Å². The maximum atomic E-state index is 4.81. The topological polar surface area (TPSA) is 40.7 Å². The molecule has 2 N–H and O–H groups in total. The number of aromatic nitrogens is 2. The second-order valence-corrected chi connectivity index (χ2v) is 6.46. The van der Waals surface area contributed by atoms with Crippen molar-refractivity contribution in [2.75, 3.05) is 0 Å². The smallest absolute Gasteiger partial charge is 0.110 e. The largest absolute Gasteiger partial charge is 0.342 e. The number of hydrogen-bond acceptors (Lipinski definition) is 2. The number of hydrogen-bond donors (Lipinski definition) is 2. The summed E-state index contributed by atoms with van der Waals surface area (Å²) in [6.07, 6.45) is 9.41. The van der Waals surface area contributed by atoms with Gasteiger partial charge in [0.25, 0.3) is 0 Å². The fraction of sp³-hybridized carbons (Fsp3) is 0.588. The van der Waals surface area contributed by atoms with Gasteiger partial charge in [-0.2, -0.15) is 0 Å². The quantitative estimate of drug-likeness (QED) is 0.884. The van der Waals surface area contributed by atoms with Gasteiger partial charge >= 0.3 is 0 Å². The minimum Gasteiger partial charge on any atom is -0.342 e. The minimum absolute atomic E-state index is 0.657. The molecule has 0 saturated heterocycles. The third-order valence-corrected chi connectivity index (χ3v) is 4.73. The Morgan fingerprint density at radius 1 is 1.10 bits per heavy atom. The van der Waals surface area contributed by atoms with E-state index in [1.165, 1.54) is 61.9 Å². The number of benzene rings is 1. The highest BCUT2D eigenvalue weighted by molar-refractivity contribution is 5.76. The van der Waals surface area contributed by atoms with E-state index in [0.29, 0.717) is 5.92 Å². The molecule has 3 heteroatoms. The highest BCUT2D eigenvalue weighted by Gasteiger charge is 2.20. The lowest BCUT2D eigenvalue weighted by Crippen LogP contribution is -2.15. The normalized spacial score (nSPS) is 20.6. The van der Waals surface area contributed by atoms with Crippen LogP contribution in [0.4, 0.5) is 0 Å². The summed E-state index contributed by atoms with van der Waals surface area (Å²) >= 11 is 0. The molecule has 106 valence electrons. The molecule has 2 aliphatic carbocycles. The molecule has 2 aromatic rings. The fourth-order valence-electron chi connectivity index (χ4n) is 3.31. The molecule has 0 unspecified atom stereocenters. The molecule has 3 nitrogen and oxygen atoms in total. The van der Waals surface area contributed by atoms with Gasteiger partial charge in [0.05, 0.1) is 11.0 Å².